The van der Waals surface area contributed by atoms with E-state index in [1.54, 1.807) is 49.4 Å². The molecule has 6 heterocycles. The van der Waals surface area contributed by atoms with Gasteiger partial charge in [-0.25, -0.2) is 0 Å². The Hall–Kier alpha value is -7.57. The van der Waals surface area contributed by atoms with E-state index < -0.39 is 93.7 Å². The summed E-state index contributed by atoms with van der Waals surface area (Å²) in [6, 6.07) is 8.19. The predicted molar refractivity (Wildman–Crippen MR) is 288 cm³/mol. The highest BCUT2D eigenvalue weighted by molar-refractivity contribution is 6.23. The van der Waals surface area contributed by atoms with Crippen molar-refractivity contribution in [1.82, 2.24) is 19.5 Å². The topological polar surface area (TPSA) is 300 Å². The fourth-order valence-electron chi connectivity index (χ4n) is 10.5. The van der Waals surface area contributed by atoms with Crippen molar-refractivity contribution in [3.8, 4) is 29.0 Å². The van der Waals surface area contributed by atoms with E-state index in [4.69, 9.17) is 33.5 Å². The minimum absolute atomic E-state index is 0.0266. The Bertz CT molecular complexity index is 3090. The maximum atomic E-state index is 14.7. The molecule has 0 saturated carbocycles. The second kappa shape index (κ2) is 23.8. The molecule has 10 atom stereocenters. The van der Waals surface area contributed by atoms with Crippen LogP contribution in [0.3, 0.4) is 0 Å². The number of phenols is 3. The summed E-state index contributed by atoms with van der Waals surface area (Å²) in [6.07, 6.45) is 5.69. The number of nitrogens with one attached hydrogen (secondary N) is 1. The highest BCUT2D eigenvalue weighted by Gasteiger charge is 2.50. The van der Waals surface area contributed by atoms with Crippen LogP contribution in [0.5, 0.6) is 29.0 Å². The van der Waals surface area contributed by atoms with Crippen molar-refractivity contribution < 1.29 is 73.3 Å². The summed E-state index contributed by atoms with van der Waals surface area (Å²) in [6.45, 7) is 16.1. The Kier molecular flexibility index (Phi) is 17.4. The van der Waals surface area contributed by atoms with Gasteiger partial charge >= 0.3 is 23.6 Å². The lowest BCUT2D eigenvalue weighted by molar-refractivity contribution is -0.389. The molecule has 3 aromatic carbocycles. The van der Waals surface area contributed by atoms with E-state index >= 15 is 0 Å². The van der Waals surface area contributed by atoms with E-state index in [0.29, 0.717) is 45.9 Å². The third-order valence-corrected chi connectivity index (χ3v) is 15.4. The maximum absolute atomic E-state index is 14.7. The molecule has 424 valence electrons. The van der Waals surface area contributed by atoms with Crippen molar-refractivity contribution in [2.75, 3.05) is 45.2 Å². The average molecular weight is 1100 g/mol. The smallest absolute Gasteiger partial charge is 0.414 e. The zero-order chi connectivity index (χ0) is 57.2. The van der Waals surface area contributed by atoms with Crippen LogP contribution >= 0.6 is 0 Å². The highest BCUT2D eigenvalue weighted by Crippen LogP contribution is 2.55. The lowest BCUT2D eigenvalue weighted by Crippen LogP contribution is -2.46. The number of imidazole rings is 1. The first-order valence-corrected chi connectivity index (χ1v) is 26.1. The molecule has 23 nitrogen and oxygen atoms in total. The molecule has 1 saturated heterocycles. The number of Topliss-reactive ketones (excluding diaryl/α,β-unsaturated/α-hetero) is 1. The lowest BCUT2D eigenvalue weighted by atomic mass is 9.78. The Morgan fingerprint density at radius 3 is 2.33 bits per heavy atom. The Morgan fingerprint density at radius 1 is 0.962 bits per heavy atom. The molecule has 0 unspecified atom stereocenters. The summed E-state index contributed by atoms with van der Waals surface area (Å²) in [5.74, 6) is -9.03. The SMILES string of the molecule is CO[C@H]1C=CO[C@@]2(C)Oc3c(C)c(O)c4c(O)c(c(C=NN5CCN(Cc6ccc(CO[C@@H]7COc8nc([N+](=O)[O-])cn8C7)cc6)CC5)c(O)c4c3C2=O)NC(=O)C(C)=CC=C[C@H](C)[C@H](O)[C@@H](C)[C@@H](O)[C@@H](C)[C@H](OC(C)=O)[C@@H]1C. The number of rotatable bonds is 10. The summed E-state index contributed by atoms with van der Waals surface area (Å²) in [7, 11) is 1.43. The van der Waals surface area contributed by atoms with Crippen molar-refractivity contribution in [2.45, 2.75) is 111 Å². The number of piperazine rings is 1. The first-order valence-electron chi connectivity index (χ1n) is 26.1. The van der Waals surface area contributed by atoms with Gasteiger partial charge in [-0.1, -0.05) is 70.2 Å². The fourth-order valence-corrected chi connectivity index (χ4v) is 10.5. The van der Waals surface area contributed by atoms with Gasteiger partial charge in [-0.2, -0.15) is 5.10 Å². The number of allylic oxidation sites excluding steroid dienone is 2. The average Bonchev–Trinajstić information content (AvgIpc) is 3.99. The number of fused-ring (bicyclic) bond motifs is 15. The Balaban J connectivity index is 1.05. The summed E-state index contributed by atoms with van der Waals surface area (Å²) in [5.41, 5.74) is 1.47. The number of methoxy groups -OCH3 is 1. The van der Waals surface area contributed by atoms with Gasteiger partial charge in [0.15, 0.2) is 5.75 Å². The van der Waals surface area contributed by atoms with Crippen molar-refractivity contribution in [3.05, 3.63) is 105 Å². The third kappa shape index (κ3) is 12.1. The first-order chi connectivity index (χ1) is 37.5. The molecule has 5 bridgehead atoms. The molecule has 5 aliphatic heterocycles. The number of aliphatic hydroxyl groups excluding tert-OH is 2. The molecule has 79 heavy (non-hydrogen) atoms. The molecule has 1 fully saturated rings. The van der Waals surface area contributed by atoms with Gasteiger partial charge in [0.2, 0.25) is 0 Å². The van der Waals surface area contributed by atoms with E-state index in [1.807, 2.05) is 24.3 Å². The minimum Gasteiger partial charge on any atom is -0.507 e. The number of benzene rings is 3. The summed E-state index contributed by atoms with van der Waals surface area (Å²) in [4.78, 5) is 57.8. The molecule has 0 spiro atoms. The monoisotopic (exact) mass is 1100 g/mol. The van der Waals surface area contributed by atoms with Gasteiger partial charge in [0.1, 0.15) is 42.3 Å². The number of hydrogen-bond donors (Lipinski definition) is 6. The van der Waals surface area contributed by atoms with Gasteiger partial charge in [-0.15, -0.1) is 0 Å². The summed E-state index contributed by atoms with van der Waals surface area (Å²) >= 11 is 0. The molecule has 5 aliphatic rings. The van der Waals surface area contributed by atoms with Gasteiger partial charge in [0.25, 0.3) is 11.7 Å². The number of carbonyl (C=O) groups excluding carboxylic acids is 3. The van der Waals surface area contributed by atoms with Crippen LogP contribution in [0.25, 0.3) is 10.8 Å². The predicted octanol–water partition coefficient (Wildman–Crippen LogP) is 5.99. The van der Waals surface area contributed by atoms with E-state index in [2.05, 4.69) is 15.2 Å². The maximum Gasteiger partial charge on any atom is 0.414 e. The number of anilines is 1. The third-order valence-electron chi connectivity index (χ3n) is 15.4. The number of aromatic nitrogens is 2. The first kappa shape index (κ1) is 57.6. The van der Waals surface area contributed by atoms with Crippen molar-refractivity contribution in [2.24, 2.45) is 28.8 Å². The molecule has 9 rings (SSSR count). The van der Waals surface area contributed by atoms with Crippen LogP contribution in [0.4, 0.5) is 11.5 Å². The molecule has 0 radical (unpaired) electrons. The van der Waals surface area contributed by atoms with E-state index in [-0.39, 0.29) is 69.0 Å². The van der Waals surface area contributed by atoms with Crippen molar-refractivity contribution >= 4 is 46.2 Å². The van der Waals surface area contributed by atoms with Gasteiger partial charge in [0.05, 0.1) is 66.1 Å². The molecule has 1 amide bonds. The summed E-state index contributed by atoms with van der Waals surface area (Å²) in [5, 5.41) is 79.1. The zero-order valence-electron chi connectivity index (χ0n) is 45.6. The highest BCUT2D eigenvalue weighted by atomic mass is 16.7. The van der Waals surface area contributed by atoms with Crippen LogP contribution in [-0.4, -0.2) is 150 Å². The van der Waals surface area contributed by atoms with E-state index in [9.17, 15) is 50.0 Å². The number of amides is 1. The van der Waals surface area contributed by atoms with Crippen LogP contribution in [0.15, 0.2) is 71.7 Å². The Labute approximate surface area is 456 Å². The second-order valence-corrected chi connectivity index (χ2v) is 20.9. The second-order valence-electron chi connectivity index (χ2n) is 20.9. The number of nitro groups is 1. The number of hydrogen-bond acceptors (Lipinski definition) is 20. The number of phenolic OH excluding ortho intramolecular Hbond substituents is 3. The standard InChI is InChI=1S/C56H69N7O16/c1-29-11-10-12-30(2)54(71)59-45-39(23-57-62-20-18-60(19-21-62)24-36-13-15-37(16-14-36)27-75-38-25-61-26-41(63(72)73)58-55(61)76-28-38)49(68)42-43(50(45)69)48(67)34(6)52-44(42)53(70)56(8,79-52)77-22-17-40(74-9)31(3)51(78-35(7)64)33(5)47(66)32(4)46(29)65/h10-17,22-23,26,29,31-33,38,40,46-47,51,65-69H,18-21,24-25,27-28H2,1-9H3,(H,59,71)/t29-,31+,32+,33+,38-,40-,46-,47+,51+,56-/m0/s1. The quantitative estimate of drug-likeness (QED) is 0.0265. The van der Waals surface area contributed by atoms with Crippen LogP contribution < -0.4 is 14.8 Å². The number of hydrazone groups is 1. The molecule has 4 aromatic rings. The van der Waals surface area contributed by atoms with Gasteiger partial charge in [-0.05, 0) is 36.0 Å². The minimum atomic E-state index is -2.09. The van der Waals surface area contributed by atoms with Gasteiger partial charge in [0, 0.05) is 98.9 Å². The number of ether oxygens (including phenoxy) is 6. The van der Waals surface area contributed by atoms with Crippen LogP contribution in [0.2, 0.25) is 0 Å². The molecular formula is C56H69N7O16. The van der Waals surface area contributed by atoms with E-state index in [1.165, 1.54) is 65.6 Å². The number of aromatic hydroxyl groups is 3. The largest absolute Gasteiger partial charge is 0.507 e. The fraction of sp³-hybridized carbons (Fsp3) is 0.482. The molecule has 0 aliphatic carbocycles. The van der Waals surface area contributed by atoms with Gasteiger partial charge < -0.3 is 69.4 Å². The van der Waals surface area contributed by atoms with Crippen LogP contribution in [0, 0.1) is 40.7 Å². The van der Waals surface area contributed by atoms with Crippen LogP contribution in [0.1, 0.15) is 81.1 Å². The van der Waals surface area contributed by atoms with Crippen molar-refractivity contribution in [3.63, 3.8) is 0 Å². The zero-order valence-corrected chi connectivity index (χ0v) is 45.6. The number of esters is 1. The number of nitrogens with zero attached hydrogens (tertiary/aromatic N) is 6. The lowest BCUT2D eigenvalue weighted by Gasteiger charge is -2.38. The molecule has 6 N–H and O–H groups in total. The van der Waals surface area contributed by atoms with Crippen molar-refractivity contribution in [1.29, 1.82) is 0 Å². The number of ketones is 1. The summed E-state index contributed by atoms with van der Waals surface area (Å²) < 4.78 is 37.0. The molecular weight excluding hydrogens is 1030 g/mol. The van der Waals surface area contributed by atoms with Gasteiger partial charge in [-0.3, -0.25) is 28.9 Å². The molecule has 1 aromatic heterocycles. The number of aliphatic hydroxyl groups is 2. The number of carbonyl (C=O) groups is 3. The van der Waals surface area contributed by atoms with E-state index in [0.717, 1.165) is 11.1 Å². The normalized spacial score (nSPS) is 27.1. The van der Waals surface area contributed by atoms with Crippen LogP contribution in [-0.2, 0) is 48.2 Å². The molecule has 23 heteroatoms. The Morgan fingerprint density at radius 2 is 1.66 bits per heavy atom.